The number of hydrogen-bond acceptors (Lipinski definition) is 5. The maximum Gasteiger partial charge on any atom is 0.180 e. The topological polar surface area (TPSA) is 76.5 Å². The summed E-state index contributed by atoms with van der Waals surface area (Å²) in [5.74, 6) is -1.50. The lowest BCUT2D eigenvalue weighted by atomic mass is 9.78. The molecule has 5 nitrogen and oxygen atoms in total. The van der Waals surface area contributed by atoms with Gasteiger partial charge in [-0.1, -0.05) is 71.9 Å². The summed E-state index contributed by atoms with van der Waals surface area (Å²) in [5, 5.41) is 11.8. The van der Waals surface area contributed by atoms with Crippen molar-refractivity contribution in [3.8, 4) is 11.5 Å². The molecule has 4 aromatic rings. The van der Waals surface area contributed by atoms with Gasteiger partial charge in [-0.2, -0.15) is 0 Å². The molecule has 6 heteroatoms. The van der Waals surface area contributed by atoms with E-state index in [2.05, 4.69) is 53.7 Å². The third kappa shape index (κ3) is 5.48. The van der Waals surface area contributed by atoms with Gasteiger partial charge >= 0.3 is 0 Å². The van der Waals surface area contributed by atoms with Crippen LogP contribution in [-0.2, 0) is 17.3 Å². The van der Waals surface area contributed by atoms with Gasteiger partial charge in [0.1, 0.15) is 28.8 Å². The second-order valence-corrected chi connectivity index (χ2v) is 12.9. The lowest BCUT2D eigenvalue weighted by molar-refractivity contribution is 0.0888. The van der Waals surface area contributed by atoms with Crippen molar-refractivity contribution in [2.45, 2.75) is 71.1 Å². The molecular formula is C35H36FNO4. The number of nitrogens with zero attached hydrogens (tertiary/aromatic N) is 1. The van der Waals surface area contributed by atoms with Crippen LogP contribution >= 0.6 is 0 Å². The average Bonchev–Trinajstić information content (AvgIpc) is 3.14. The Bertz CT molecular complexity index is 1640. The smallest absolute Gasteiger partial charge is 0.180 e. The van der Waals surface area contributed by atoms with E-state index in [1.165, 1.54) is 12.1 Å². The van der Waals surface area contributed by atoms with Crippen molar-refractivity contribution < 1.29 is 23.8 Å². The molecule has 1 aromatic heterocycles. The Kier molecular flexibility index (Phi) is 7.22. The van der Waals surface area contributed by atoms with Crippen molar-refractivity contribution in [3.05, 3.63) is 100.0 Å². The average molecular weight is 554 g/mol. The summed E-state index contributed by atoms with van der Waals surface area (Å²) in [5.41, 5.74) is 3.86. The van der Waals surface area contributed by atoms with Gasteiger partial charge in [0.2, 0.25) is 0 Å². The number of phenolic OH excluding ortho intramolecular Hbond substituents is 1. The Morgan fingerprint density at radius 3 is 2.17 bits per heavy atom. The number of aromatic nitrogens is 1. The van der Waals surface area contributed by atoms with Crippen molar-refractivity contribution in [1.29, 1.82) is 0 Å². The Morgan fingerprint density at radius 2 is 1.51 bits per heavy atom. The van der Waals surface area contributed by atoms with E-state index in [0.29, 0.717) is 29.3 Å². The predicted octanol–water partition coefficient (Wildman–Crippen LogP) is 7.85. The minimum Gasteiger partial charge on any atom is -0.507 e. The van der Waals surface area contributed by atoms with Crippen molar-refractivity contribution in [2.24, 2.45) is 0 Å². The number of ether oxygens (including phenoxy) is 1. The maximum atomic E-state index is 13.8. The molecule has 0 bridgehead atoms. The van der Waals surface area contributed by atoms with Crippen LogP contribution in [0.3, 0.4) is 0 Å². The molecule has 0 radical (unpaired) electrons. The minimum absolute atomic E-state index is 0.102. The number of para-hydroxylation sites is 1. The van der Waals surface area contributed by atoms with Gasteiger partial charge in [-0.15, -0.1) is 0 Å². The molecule has 212 valence electrons. The number of pyridine rings is 1. The molecule has 0 saturated heterocycles. The van der Waals surface area contributed by atoms with Crippen LogP contribution in [0.2, 0.25) is 0 Å². The lowest BCUT2D eigenvalue weighted by Gasteiger charge is -2.28. The van der Waals surface area contributed by atoms with Gasteiger partial charge in [0.05, 0.1) is 12.3 Å². The van der Waals surface area contributed by atoms with Crippen molar-refractivity contribution in [2.75, 3.05) is 6.61 Å². The molecule has 0 amide bonds. The number of aromatic hydroxyl groups is 1. The van der Waals surface area contributed by atoms with E-state index in [-0.39, 0.29) is 27.7 Å². The van der Waals surface area contributed by atoms with Crippen LogP contribution in [0.15, 0.2) is 60.7 Å². The SMILES string of the molecule is CC(C)(C)c1cc(CCCOc2cccc3ccc(C4C(=O)c5ccc(F)cc5C4=O)nc23)cc(C(C)(C)C)c1O. The fourth-order valence-corrected chi connectivity index (χ4v) is 5.49. The van der Waals surface area contributed by atoms with Gasteiger partial charge in [-0.25, -0.2) is 9.37 Å². The van der Waals surface area contributed by atoms with Gasteiger partial charge in [0, 0.05) is 16.5 Å². The highest BCUT2D eigenvalue weighted by Crippen LogP contribution is 2.40. The number of benzene rings is 3. The van der Waals surface area contributed by atoms with Crippen LogP contribution in [0.1, 0.15) is 97.0 Å². The Balaban J connectivity index is 1.35. The van der Waals surface area contributed by atoms with Gasteiger partial charge in [0.25, 0.3) is 0 Å². The van der Waals surface area contributed by atoms with Crippen molar-refractivity contribution >= 4 is 22.5 Å². The number of phenols is 1. The molecular weight excluding hydrogens is 517 g/mol. The highest BCUT2D eigenvalue weighted by Gasteiger charge is 2.40. The first kappa shape index (κ1) is 28.5. The number of Topliss-reactive ketones (excluding diaryl/α,β-unsaturated/α-hetero) is 2. The number of fused-ring (bicyclic) bond motifs is 2. The molecule has 3 aromatic carbocycles. The number of ketones is 2. The molecule has 0 spiro atoms. The fourth-order valence-electron chi connectivity index (χ4n) is 5.49. The Morgan fingerprint density at radius 1 is 0.854 bits per heavy atom. The molecule has 5 rings (SSSR count). The first-order valence-corrected chi connectivity index (χ1v) is 14.0. The number of halogens is 1. The molecule has 1 N–H and O–H groups in total. The summed E-state index contributed by atoms with van der Waals surface area (Å²) in [7, 11) is 0. The quantitative estimate of drug-likeness (QED) is 0.194. The largest absolute Gasteiger partial charge is 0.507 e. The third-order valence-corrected chi connectivity index (χ3v) is 7.69. The zero-order chi connectivity index (χ0) is 29.7. The number of carbonyl (C=O) groups excluding carboxylic acids is 2. The maximum absolute atomic E-state index is 13.8. The minimum atomic E-state index is -1.09. The van der Waals surface area contributed by atoms with E-state index < -0.39 is 17.5 Å². The standard InChI is InChI=1S/C35H36FNO4/c1-34(2,3)25-17-20(18-26(33(25)40)35(4,5)6)9-8-16-41-28-11-7-10-21-12-15-27(37-30(21)28)29-31(38)23-14-13-22(36)19-24(23)32(29)39/h7,10-15,17-19,29,40H,8-9,16H2,1-6H3. The Labute approximate surface area is 240 Å². The summed E-state index contributed by atoms with van der Waals surface area (Å²) in [6.45, 7) is 13.1. The molecule has 1 atom stereocenters. The van der Waals surface area contributed by atoms with Gasteiger partial charge in [-0.3, -0.25) is 9.59 Å². The van der Waals surface area contributed by atoms with E-state index in [9.17, 15) is 19.1 Å². The molecule has 1 aliphatic carbocycles. The van der Waals surface area contributed by atoms with E-state index >= 15 is 0 Å². The summed E-state index contributed by atoms with van der Waals surface area (Å²) in [6, 6.07) is 17.0. The number of hydrogen-bond donors (Lipinski definition) is 1. The fraction of sp³-hybridized carbons (Fsp3) is 0.343. The van der Waals surface area contributed by atoms with Crippen LogP contribution in [-0.4, -0.2) is 28.3 Å². The van der Waals surface area contributed by atoms with Crippen molar-refractivity contribution in [1.82, 2.24) is 4.98 Å². The Hall–Kier alpha value is -4.06. The molecule has 41 heavy (non-hydrogen) atoms. The van der Waals surface area contributed by atoms with Crippen molar-refractivity contribution in [3.63, 3.8) is 0 Å². The summed E-state index contributed by atoms with van der Waals surface area (Å²) < 4.78 is 19.9. The number of aryl methyl sites for hydroxylation is 1. The zero-order valence-corrected chi connectivity index (χ0v) is 24.5. The molecule has 0 fully saturated rings. The van der Waals surface area contributed by atoms with Gasteiger partial charge < -0.3 is 9.84 Å². The van der Waals surface area contributed by atoms with Crippen LogP contribution in [0.25, 0.3) is 10.9 Å². The van der Waals surface area contributed by atoms with Crippen LogP contribution in [0.4, 0.5) is 4.39 Å². The molecule has 1 aliphatic rings. The van der Waals surface area contributed by atoms with Crippen LogP contribution < -0.4 is 4.74 Å². The molecule has 1 heterocycles. The second-order valence-electron chi connectivity index (χ2n) is 12.9. The number of rotatable bonds is 6. The van der Waals surface area contributed by atoms with Crippen LogP contribution in [0.5, 0.6) is 11.5 Å². The molecule has 0 saturated carbocycles. The van der Waals surface area contributed by atoms with Gasteiger partial charge in [-0.05, 0) is 70.7 Å². The highest BCUT2D eigenvalue weighted by atomic mass is 19.1. The van der Waals surface area contributed by atoms with E-state index in [4.69, 9.17) is 9.72 Å². The van der Waals surface area contributed by atoms with E-state index in [1.54, 1.807) is 6.07 Å². The monoisotopic (exact) mass is 553 g/mol. The van der Waals surface area contributed by atoms with Crippen LogP contribution in [0, 0.1) is 5.82 Å². The number of carbonyl (C=O) groups is 2. The molecule has 1 unspecified atom stereocenters. The van der Waals surface area contributed by atoms with Gasteiger partial charge in [0.15, 0.2) is 11.6 Å². The zero-order valence-electron chi connectivity index (χ0n) is 24.5. The first-order chi connectivity index (χ1) is 19.3. The normalized spacial score (nSPS) is 15.4. The second kappa shape index (κ2) is 10.4. The third-order valence-electron chi connectivity index (χ3n) is 7.69. The molecule has 0 aliphatic heterocycles. The predicted molar refractivity (Wildman–Crippen MR) is 159 cm³/mol. The lowest BCUT2D eigenvalue weighted by Crippen LogP contribution is -2.18. The highest BCUT2D eigenvalue weighted by molar-refractivity contribution is 6.29. The first-order valence-electron chi connectivity index (χ1n) is 14.0. The summed E-state index contributed by atoms with van der Waals surface area (Å²) in [4.78, 5) is 30.8. The summed E-state index contributed by atoms with van der Waals surface area (Å²) in [6.07, 6.45) is 1.52. The summed E-state index contributed by atoms with van der Waals surface area (Å²) >= 11 is 0. The van der Waals surface area contributed by atoms with E-state index in [0.717, 1.165) is 41.0 Å². The van der Waals surface area contributed by atoms with E-state index in [1.807, 2.05) is 24.3 Å².